The Kier molecular flexibility index (Phi) is 4.69. The zero-order valence-corrected chi connectivity index (χ0v) is 7.93. The van der Waals surface area contributed by atoms with E-state index in [9.17, 15) is 5.11 Å². The summed E-state index contributed by atoms with van der Waals surface area (Å²) in [5.41, 5.74) is 5.07. The predicted molar refractivity (Wildman–Crippen MR) is 48.4 cm³/mol. The number of aliphatic hydroxyl groups is 1. The number of hydrogen-bond acceptors (Lipinski definition) is 2. The molecule has 0 fully saturated rings. The molecule has 11 heavy (non-hydrogen) atoms. The average molecular weight is 159 g/mol. The molecule has 1 unspecified atom stereocenters. The minimum absolute atomic E-state index is 0.109. The maximum Gasteiger partial charge on any atom is 0.0795 e. The van der Waals surface area contributed by atoms with Crippen molar-refractivity contribution in [2.24, 2.45) is 5.73 Å². The average Bonchev–Trinajstić information content (AvgIpc) is 1.88. The van der Waals surface area contributed by atoms with Crippen LogP contribution in [0.4, 0.5) is 0 Å². The molecular formula is C9H21NO. The summed E-state index contributed by atoms with van der Waals surface area (Å²) in [7, 11) is 0. The summed E-state index contributed by atoms with van der Waals surface area (Å²) in [6.45, 7) is 6.03. The number of hydrogen-bond donors (Lipinski definition) is 2. The van der Waals surface area contributed by atoms with Gasteiger partial charge in [0.15, 0.2) is 0 Å². The summed E-state index contributed by atoms with van der Waals surface area (Å²) in [6.07, 6.45) is 3.63. The molecule has 0 rings (SSSR count). The summed E-state index contributed by atoms with van der Waals surface area (Å²) >= 11 is 0. The molecule has 0 saturated heterocycles. The topological polar surface area (TPSA) is 46.2 Å². The zero-order valence-electron chi connectivity index (χ0n) is 7.93. The summed E-state index contributed by atoms with van der Waals surface area (Å²) in [5, 5.41) is 9.96. The van der Waals surface area contributed by atoms with Gasteiger partial charge in [0, 0.05) is 6.04 Å². The van der Waals surface area contributed by atoms with Crippen LogP contribution in [0.1, 0.15) is 46.5 Å². The predicted octanol–water partition coefficient (Wildman–Crippen LogP) is 1.66. The smallest absolute Gasteiger partial charge is 0.0795 e. The lowest BCUT2D eigenvalue weighted by Gasteiger charge is -2.31. The Labute approximate surface area is 69.8 Å². The van der Waals surface area contributed by atoms with Gasteiger partial charge in [0.05, 0.1) is 5.60 Å². The van der Waals surface area contributed by atoms with E-state index in [2.05, 4.69) is 13.8 Å². The van der Waals surface area contributed by atoms with E-state index in [-0.39, 0.29) is 6.04 Å². The van der Waals surface area contributed by atoms with E-state index in [1.165, 1.54) is 0 Å². The first kappa shape index (κ1) is 10.9. The highest BCUT2D eigenvalue weighted by atomic mass is 16.3. The minimum Gasteiger partial charge on any atom is -0.388 e. The van der Waals surface area contributed by atoms with Gasteiger partial charge in [0.25, 0.3) is 0 Å². The molecule has 0 bridgehead atoms. The lowest BCUT2D eigenvalue weighted by molar-refractivity contribution is 0.00158. The molecule has 0 radical (unpaired) electrons. The van der Waals surface area contributed by atoms with Crippen molar-refractivity contribution < 1.29 is 5.11 Å². The fourth-order valence-corrected chi connectivity index (χ4v) is 1.45. The first-order valence-corrected chi connectivity index (χ1v) is 4.54. The Morgan fingerprint density at radius 1 is 1.27 bits per heavy atom. The maximum absolute atomic E-state index is 9.96. The van der Waals surface area contributed by atoms with E-state index >= 15 is 0 Å². The molecule has 0 aliphatic rings. The van der Waals surface area contributed by atoms with E-state index in [1.807, 2.05) is 6.92 Å². The number of rotatable bonds is 5. The van der Waals surface area contributed by atoms with Crippen LogP contribution in [-0.4, -0.2) is 16.7 Å². The van der Waals surface area contributed by atoms with Gasteiger partial charge in [-0.2, -0.15) is 0 Å². The third-order valence-electron chi connectivity index (χ3n) is 2.21. The monoisotopic (exact) mass is 159 g/mol. The molecule has 0 aromatic heterocycles. The summed E-state index contributed by atoms with van der Waals surface area (Å²) in [6, 6.07) is -0.109. The van der Waals surface area contributed by atoms with Gasteiger partial charge in [-0.1, -0.05) is 26.7 Å². The van der Waals surface area contributed by atoms with Crippen molar-refractivity contribution in [1.29, 1.82) is 0 Å². The Morgan fingerprint density at radius 3 is 1.82 bits per heavy atom. The number of nitrogens with two attached hydrogens (primary N) is 1. The molecule has 0 aliphatic carbocycles. The first-order chi connectivity index (χ1) is 5.06. The second-order valence-electron chi connectivity index (χ2n) is 3.39. The molecule has 0 spiro atoms. The quantitative estimate of drug-likeness (QED) is 0.641. The van der Waals surface area contributed by atoms with Crippen LogP contribution in [0.5, 0.6) is 0 Å². The van der Waals surface area contributed by atoms with Crippen molar-refractivity contribution in [2.45, 2.75) is 58.1 Å². The second-order valence-corrected chi connectivity index (χ2v) is 3.39. The Bertz CT molecular complexity index is 95.7. The Morgan fingerprint density at radius 2 is 1.64 bits per heavy atom. The molecule has 0 heterocycles. The highest BCUT2D eigenvalue weighted by molar-refractivity contribution is 4.85. The fourth-order valence-electron chi connectivity index (χ4n) is 1.45. The molecule has 68 valence electrons. The van der Waals surface area contributed by atoms with E-state index < -0.39 is 5.60 Å². The molecule has 0 saturated carbocycles. The van der Waals surface area contributed by atoms with Gasteiger partial charge in [-0.3, -0.25) is 0 Å². The highest BCUT2D eigenvalue weighted by Crippen LogP contribution is 2.21. The molecule has 3 N–H and O–H groups in total. The maximum atomic E-state index is 9.96. The molecule has 0 aromatic carbocycles. The summed E-state index contributed by atoms with van der Waals surface area (Å²) in [5.74, 6) is 0. The molecule has 0 aliphatic heterocycles. The minimum atomic E-state index is -0.622. The SMILES string of the molecule is CCCC(O)(CCC)C(C)N. The van der Waals surface area contributed by atoms with Gasteiger partial charge in [0.2, 0.25) is 0 Å². The normalized spacial score (nSPS) is 15.0. The molecular weight excluding hydrogens is 138 g/mol. The fraction of sp³-hybridized carbons (Fsp3) is 1.00. The van der Waals surface area contributed by atoms with Crippen LogP contribution < -0.4 is 5.73 Å². The van der Waals surface area contributed by atoms with Crippen LogP contribution >= 0.6 is 0 Å². The second kappa shape index (κ2) is 4.73. The van der Waals surface area contributed by atoms with E-state index in [4.69, 9.17) is 5.73 Å². The molecule has 0 amide bonds. The van der Waals surface area contributed by atoms with Crippen molar-refractivity contribution in [1.82, 2.24) is 0 Å². The van der Waals surface area contributed by atoms with Crippen LogP contribution in [0, 0.1) is 0 Å². The zero-order chi connectivity index (χ0) is 8.91. The summed E-state index contributed by atoms with van der Waals surface area (Å²) in [4.78, 5) is 0. The van der Waals surface area contributed by atoms with Crippen LogP contribution in [0.2, 0.25) is 0 Å². The highest BCUT2D eigenvalue weighted by Gasteiger charge is 2.28. The van der Waals surface area contributed by atoms with Gasteiger partial charge in [-0.05, 0) is 19.8 Å². The van der Waals surface area contributed by atoms with Gasteiger partial charge in [-0.15, -0.1) is 0 Å². The first-order valence-electron chi connectivity index (χ1n) is 4.54. The molecule has 0 aromatic rings. The third-order valence-corrected chi connectivity index (χ3v) is 2.21. The van der Waals surface area contributed by atoms with Crippen LogP contribution in [0.15, 0.2) is 0 Å². The van der Waals surface area contributed by atoms with E-state index in [0.717, 1.165) is 25.7 Å². The lowest BCUT2D eigenvalue weighted by Crippen LogP contribution is -2.45. The Hall–Kier alpha value is -0.0800. The Balaban J connectivity index is 4.01. The van der Waals surface area contributed by atoms with Crippen molar-refractivity contribution in [3.05, 3.63) is 0 Å². The van der Waals surface area contributed by atoms with Gasteiger partial charge in [-0.25, -0.2) is 0 Å². The third kappa shape index (κ3) is 3.21. The van der Waals surface area contributed by atoms with Gasteiger partial charge in [0.1, 0.15) is 0 Å². The molecule has 1 atom stereocenters. The van der Waals surface area contributed by atoms with Gasteiger partial charge >= 0.3 is 0 Å². The molecule has 2 heteroatoms. The molecule has 2 nitrogen and oxygen atoms in total. The van der Waals surface area contributed by atoms with Crippen LogP contribution in [0.3, 0.4) is 0 Å². The van der Waals surface area contributed by atoms with Crippen molar-refractivity contribution in [3.8, 4) is 0 Å². The largest absolute Gasteiger partial charge is 0.388 e. The van der Waals surface area contributed by atoms with Crippen molar-refractivity contribution in [2.75, 3.05) is 0 Å². The standard InChI is InChI=1S/C9H21NO/c1-4-6-9(11,7-5-2)8(3)10/h8,11H,4-7,10H2,1-3H3. The van der Waals surface area contributed by atoms with E-state index in [0.29, 0.717) is 0 Å². The summed E-state index contributed by atoms with van der Waals surface area (Å²) < 4.78 is 0. The van der Waals surface area contributed by atoms with Crippen LogP contribution in [-0.2, 0) is 0 Å². The van der Waals surface area contributed by atoms with E-state index in [1.54, 1.807) is 0 Å². The van der Waals surface area contributed by atoms with Crippen molar-refractivity contribution in [3.63, 3.8) is 0 Å². The van der Waals surface area contributed by atoms with Gasteiger partial charge < -0.3 is 10.8 Å². The van der Waals surface area contributed by atoms with Crippen LogP contribution in [0.25, 0.3) is 0 Å². The lowest BCUT2D eigenvalue weighted by atomic mass is 9.87. The van der Waals surface area contributed by atoms with Crippen molar-refractivity contribution >= 4 is 0 Å².